The predicted octanol–water partition coefficient (Wildman–Crippen LogP) is 4.96. The molecule has 1 saturated heterocycles. The standard InChI is InChI=1S/C30H31N3O6/c1-30(2,3)39-29(36)33-17-25(18-33)38-24-11-7-10-21(12-24)27(34)26-13-22-15-32(16-23(22)14-31-26)28(35)37-19-20-8-5-4-6-9-20/h4-14,25H,15-19H2,1-3H3. The van der Waals surface area contributed by atoms with Crippen LogP contribution < -0.4 is 4.74 Å². The van der Waals surface area contributed by atoms with E-state index in [0.717, 1.165) is 16.7 Å². The highest BCUT2D eigenvalue weighted by atomic mass is 16.6. The number of carbonyl (C=O) groups excluding carboxylic acids is 3. The van der Waals surface area contributed by atoms with Crippen LogP contribution in [0, 0.1) is 0 Å². The Kier molecular flexibility index (Phi) is 7.24. The van der Waals surface area contributed by atoms with E-state index in [2.05, 4.69) is 4.98 Å². The van der Waals surface area contributed by atoms with Gasteiger partial charge in [-0.05, 0) is 55.7 Å². The molecule has 5 rings (SSSR count). The normalized spacial score (nSPS) is 14.8. The molecule has 0 N–H and O–H groups in total. The molecule has 202 valence electrons. The van der Waals surface area contributed by atoms with Crippen LogP contribution in [0.25, 0.3) is 0 Å². The maximum absolute atomic E-state index is 13.2. The zero-order valence-electron chi connectivity index (χ0n) is 22.3. The van der Waals surface area contributed by atoms with E-state index in [-0.39, 0.29) is 24.6 Å². The van der Waals surface area contributed by atoms with Crippen molar-refractivity contribution >= 4 is 18.0 Å². The molecule has 39 heavy (non-hydrogen) atoms. The lowest BCUT2D eigenvalue weighted by Gasteiger charge is -2.39. The second-order valence-electron chi connectivity index (χ2n) is 10.7. The van der Waals surface area contributed by atoms with E-state index in [4.69, 9.17) is 14.2 Å². The molecule has 3 heterocycles. The number of nitrogens with zero attached hydrogens (tertiary/aromatic N) is 3. The van der Waals surface area contributed by atoms with Crippen molar-refractivity contribution in [2.75, 3.05) is 13.1 Å². The molecule has 3 aromatic rings. The Bertz CT molecular complexity index is 1380. The highest BCUT2D eigenvalue weighted by molar-refractivity contribution is 6.08. The number of aromatic nitrogens is 1. The number of ether oxygens (including phenoxy) is 3. The van der Waals surface area contributed by atoms with Crippen molar-refractivity contribution in [1.29, 1.82) is 0 Å². The average molecular weight is 530 g/mol. The van der Waals surface area contributed by atoms with Gasteiger partial charge in [0.15, 0.2) is 0 Å². The molecule has 0 saturated carbocycles. The van der Waals surface area contributed by atoms with E-state index in [1.165, 1.54) is 0 Å². The van der Waals surface area contributed by atoms with Crippen LogP contribution in [0.1, 0.15) is 53.5 Å². The van der Waals surface area contributed by atoms with Gasteiger partial charge in [0.05, 0.1) is 19.6 Å². The first-order chi connectivity index (χ1) is 18.6. The van der Waals surface area contributed by atoms with Crippen molar-refractivity contribution in [2.45, 2.75) is 52.2 Å². The Labute approximate surface area is 227 Å². The van der Waals surface area contributed by atoms with E-state index in [0.29, 0.717) is 43.2 Å². The average Bonchev–Trinajstić information content (AvgIpc) is 3.32. The van der Waals surface area contributed by atoms with Gasteiger partial charge in [0.1, 0.15) is 29.8 Å². The summed E-state index contributed by atoms with van der Waals surface area (Å²) >= 11 is 0. The fraction of sp³-hybridized carbons (Fsp3) is 0.333. The summed E-state index contributed by atoms with van der Waals surface area (Å²) in [5.41, 5.74) is 2.87. The van der Waals surface area contributed by atoms with Crippen LogP contribution in [0.15, 0.2) is 66.9 Å². The molecule has 1 aromatic heterocycles. The largest absolute Gasteiger partial charge is 0.487 e. The first-order valence-corrected chi connectivity index (χ1v) is 12.9. The number of carbonyl (C=O) groups is 3. The summed E-state index contributed by atoms with van der Waals surface area (Å²) in [7, 11) is 0. The summed E-state index contributed by atoms with van der Waals surface area (Å²) < 4.78 is 16.8. The maximum atomic E-state index is 13.2. The van der Waals surface area contributed by atoms with E-state index in [9.17, 15) is 14.4 Å². The lowest BCUT2D eigenvalue weighted by molar-refractivity contribution is -0.0221. The van der Waals surface area contributed by atoms with Crippen LogP contribution in [0.4, 0.5) is 9.59 Å². The topological polar surface area (TPSA) is 98.3 Å². The monoisotopic (exact) mass is 529 g/mol. The van der Waals surface area contributed by atoms with Gasteiger partial charge in [0.25, 0.3) is 0 Å². The first kappa shape index (κ1) is 26.2. The molecule has 0 radical (unpaired) electrons. The molecule has 2 aromatic carbocycles. The molecule has 0 atom stereocenters. The van der Waals surface area contributed by atoms with Gasteiger partial charge in [-0.15, -0.1) is 0 Å². The molecule has 0 unspecified atom stereocenters. The number of benzene rings is 2. The van der Waals surface area contributed by atoms with Gasteiger partial charge < -0.3 is 19.1 Å². The van der Waals surface area contributed by atoms with Gasteiger partial charge >= 0.3 is 12.2 Å². The second kappa shape index (κ2) is 10.8. The summed E-state index contributed by atoms with van der Waals surface area (Å²) in [6, 6.07) is 18.2. The zero-order valence-corrected chi connectivity index (χ0v) is 22.3. The minimum absolute atomic E-state index is 0.173. The van der Waals surface area contributed by atoms with Crippen LogP contribution in [0.5, 0.6) is 5.75 Å². The highest BCUT2D eigenvalue weighted by Gasteiger charge is 2.35. The summed E-state index contributed by atoms with van der Waals surface area (Å²) in [4.78, 5) is 45.5. The van der Waals surface area contributed by atoms with Gasteiger partial charge in [0.2, 0.25) is 5.78 Å². The highest BCUT2D eigenvalue weighted by Crippen LogP contribution is 2.26. The van der Waals surface area contributed by atoms with Crippen molar-refractivity contribution < 1.29 is 28.6 Å². The molecular formula is C30H31N3O6. The molecule has 9 nitrogen and oxygen atoms in total. The van der Waals surface area contributed by atoms with Crippen molar-refractivity contribution in [2.24, 2.45) is 0 Å². The number of hydrogen-bond acceptors (Lipinski definition) is 7. The Morgan fingerprint density at radius 1 is 0.897 bits per heavy atom. The third kappa shape index (κ3) is 6.37. The Balaban J connectivity index is 1.16. The third-order valence-corrected chi connectivity index (χ3v) is 6.40. The molecule has 2 amide bonds. The fourth-order valence-corrected chi connectivity index (χ4v) is 4.39. The van der Waals surface area contributed by atoms with Gasteiger partial charge in [-0.2, -0.15) is 0 Å². The van der Waals surface area contributed by atoms with Crippen molar-refractivity contribution in [3.63, 3.8) is 0 Å². The molecule has 9 heteroatoms. The van der Waals surface area contributed by atoms with Gasteiger partial charge in [-0.25, -0.2) is 9.59 Å². The summed E-state index contributed by atoms with van der Waals surface area (Å²) in [6.45, 7) is 7.26. The Hall–Kier alpha value is -4.40. The molecule has 1 fully saturated rings. The lowest BCUT2D eigenvalue weighted by Crippen LogP contribution is -2.57. The van der Waals surface area contributed by atoms with E-state index >= 15 is 0 Å². The number of ketones is 1. The molecule has 0 spiro atoms. The number of fused-ring (bicyclic) bond motifs is 1. The van der Waals surface area contributed by atoms with Gasteiger partial charge in [-0.1, -0.05) is 42.5 Å². The minimum atomic E-state index is -0.548. The fourth-order valence-electron chi connectivity index (χ4n) is 4.39. The number of hydrogen-bond donors (Lipinski definition) is 0. The Morgan fingerprint density at radius 3 is 2.38 bits per heavy atom. The number of likely N-dealkylation sites (tertiary alicyclic amines) is 1. The molecule has 0 aliphatic carbocycles. The lowest BCUT2D eigenvalue weighted by atomic mass is 10.0. The smallest absolute Gasteiger partial charge is 0.410 e. The van der Waals surface area contributed by atoms with Crippen LogP contribution in [0.2, 0.25) is 0 Å². The second-order valence-corrected chi connectivity index (χ2v) is 10.7. The van der Waals surface area contributed by atoms with Crippen molar-refractivity contribution in [3.8, 4) is 5.75 Å². The SMILES string of the molecule is CC(C)(C)OC(=O)N1CC(Oc2cccc(C(=O)c3cc4c(cn3)CN(C(=O)OCc3ccccc3)C4)c2)C1. The van der Waals surface area contributed by atoms with Crippen LogP contribution >= 0.6 is 0 Å². The first-order valence-electron chi connectivity index (χ1n) is 12.9. The molecular weight excluding hydrogens is 498 g/mol. The maximum Gasteiger partial charge on any atom is 0.410 e. The Morgan fingerprint density at radius 2 is 1.64 bits per heavy atom. The van der Waals surface area contributed by atoms with Crippen LogP contribution in [0.3, 0.4) is 0 Å². The molecule has 2 aliphatic rings. The quantitative estimate of drug-likeness (QED) is 0.416. The van der Waals surface area contributed by atoms with Crippen molar-refractivity contribution in [3.05, 3.63) is 94.8 Å². The molecule has 2 aliphatic heterocycles. The van der Waals surface area contributed by atoms with Crippen molar-refractivity contribution in [1.82, 2.24) is 14.8 Å². The number of rotatable bonds is 6. The summed E-state index contributed by atoms with van der Waals surface area (Å²) in [5, 5.41) is 0. The third-order valence-electron chi connectivity index (χ3n) is 6.40. The molecule has 0 bridgehead atoms. The number of amides is 2. The van der Waals surface area contributed by atoms with E-state index in [1.54, 1.807) is 46.3 Å². The van der Waals surface area contributed by atoms with E-state index in [1.807, 2.05) is 51.1 Å². The van der Waals surface area contributed by atoms with Gasteiger partial charge in [0, 0.05) is 18.3 Å². The van der Waals surface area contributed by atoms with Crippen LogP contribution in [-0.4, -0.2) is 57.5 Å². The van der Waals surface area contributed by atoms with E-state index < -0.39 is 11.7 Å². The van der Waals surface area contributed by atoms with Crippen LogP contribution in [-0.2, 0) is 29.2 Å². The zero-order chi connectivity index (χ0) is 27.6. The minimum Gasteiger partial charge on any atom is -0.487 e. The van der Waals surface area contributed by atoms with Gasteiger partial charge in [-0.3, -0.25) is 14.7 Å². The summed E-state index contributed by atoms with van der Waals surface area (Å²) in [5.74, 6) is 0.306. The summed E-state index contributed by atoms with van der Waals surface area (Å²) in [6.07, 6.45) is 0.701. The number of pyridine rings is 1. The predicted molar refractivity (Wildman–Crippen MR) is 142 cm³/mol.